The van der Waals surface area contributed by atoms with Gasteiger partial charge in [-0.15, -0.1) is 0 Å². The van der Waals surface area contributed by atoms with Crippen LogP contribution in [0.5, 0.6) is 0 Å². The predicted molar refractivity (Wildman–Crippen MR) is 101 cm³/mol. The van der Waals surface area contributed by atoms with Crippen molar-refractivity contribution in [3.63, 3.8) is 0 Å². The normalized spacial score (nSPS) is 28.1. The Morgan fingerprint density at radius 1 is 1.14 bits per heavy atom. The van der Waals surface area contributed by atoms with Crippen LogP contribution in [0.1, 0.15) is 47.2 Å². The molecule has 3 aliphatic rings. The molecule has 28 heavy (non-hydrogen) atoms. The minimum Gasteiger partial charge on any atom is -0.392 e. The Bertz CT molecular complexity index is 796. The van der Waals surface area contributed by atoms with Crippen LogP contribution in [0.15, 0.2) is 18.2 Å². The van der Waals surface area contributed by atoms with Crippen molar-refractivity contribution in [2.75, 3.05) is 13.1 Å². The fourth-order valence-corrected chi connectivity index (χ4v) is 4.17. The Morgan fingerprint density at radius 3 is 2.82 bits per heavy atom. The Morgan fingerprint density at radius 2 is 2.00 bits per heavy atom. The average molecular weight is 386 g/mol. The number of fused-ring (bicyclic) bond motifs is 1. The molecule has 3 aliphatic heterocycles. The van der Waals surface area contributed by atoms with E-state index >= 15 is 0 Å². The summed E-state index contributed by atoms with van der Waals surface area (Å²) in [4.78, 5) is 37.9. The number of aliphatic hydroxyl groups excluding tert-OH is 1. The van der Waals surface area contributed by atoms with E-state index in [1.165, 1.54) is 0 Å². The van der Waals surface area contributed by atoms with Crippen LogP contribution in [0.25, 0.3) is 0 Å². The highest BCUT2D eigenvalue weighted by atomic mass is 16.3. The van der Waals surface area contributed by atoms with Gasteiger partial charge >= 0.3 is 0 Å². The molecule has 4 rings (SSSR count). The quantitative estimate of drug-likeness (QED) is 0.527. The van der Waals surface area contributed by atoms with Gasteiger partial charge in [-0.25, -0.2) is 0 Å². The Balaban J connectivity index is 1.40. The van der Waals surface area contributed by atoms with Crippen LogP contribution < -0.4 is 16.0 Å². The molecule has 8 heteroatoms. The van der Waals surface area contributed by atoms with E-state index in [0.717, 1.165) is 30.5 Å². The molecular weight excluding hydrogens is 360 g/mol. The lowest BCUT2D eigenvalue weighted by atomic mass is 10.0. The van der Waals surface area contributed by atoms with Gasteiger partial charge in [0.2, 0.25) is 11.8 Å². The van der Waals surface area contributed by atoms with Gasteiger partial charge < -0.3 is 20.6 Å². The molecule has 2 saturated heterocycles. The standard InChI is InChI=1S/C20H26N4O4/c25-15-4-3-14(9-21-10-15)22-8-12-1-2-13-11-24(20(28)16(13)7-12)17-5-6-18(26)23-19(17)27/h1-2,7,14-15,17,21-22,25H,3-6,8-11H2,(H,23,26,27)/t14-,15+,17?/m0/s1. The first-order chi connectivity index (χ1) is 13.5. The van der Waals surface area contributed by atoms with Crippen LogP contribution in [-0.4, -0.2) is 59.0 Å². The second kappa shape index (κ2) is 7.98. The molecule has 0 aliphatic carbocycles. The summed E-state index contributed by atoms with van der Waals surface area (Å²) in [5, 5.41) is 18.8. The van der Waals surface area contributed by atoms with Gasteiger partial charge in [0.15, 0.2) is 0 Å². The van der Waals surface area contributed by atoms with Crippen LogP contribution in [-0.2, 0) is 22.7 Å². The predicted octanol–water partition coefficient (Wildman–Crippen LogP) is -0.350. The molecule has 1 unspecified atom stereocenters. The molecule has 4 N–H and O–H groups in total. The van der Waals surface area contributed by atoms with Crippen molar-refractivity contribution >= 4 is 17.7 Å². The smallest absolute Gasteiger partial charge is 0.255 e. The maximum absolute atomic E-state index is 12.9. The number of hydrogen-bond acceptors (Lipinski definition) is 6. The van der Waals surface area contributed by atoms with Crippen molar-refractivity contribution < 1.29 is 19.5 Å². The summed E-state index contributed by atoms with van der Waals surface area (Å²) in [6.07, 6.45) is 2.02. The number of aliphatic hydroxyl groups is 1. The maximum atomic E-state index is 12.9. The average Bonchev–Trinajstić information content (AvgIpc) is 2.84. The van der Waals surface area contributed by atoms with E-state index in [1.807, 2.05) is 18.2 Å². The van der Waals surface area contributed by atoms with Crippen molar-refractivity contribution in [2.24, 2.45) is 0 Å². The third-order valence-electron chi connectivity index (χ3n) is 5.81. The van der Waals surface area contributed by atoms with Gasteiger partial charge in [0.05, 0.1) is 6.10 Å². The first kappa shape index (κ1) is 19.0. The fourth-order valence-electron chi connectivity index (χ4n) is 4.17. The summed E-state index contributed by atoms with van der Waals surface area (Å²) < 4.78 is 0. The zero-order valence-electron chi connectivity index (χ0n) is 15.7. The Labute approximate surface area is 163 Å². The third-order valence-corrected chi connectivity index (χ3v) is 5.81. The SMILES string of the molecule is O=C1CCC(N2Cc3ccc(CN[C@H]4CC[C@@H](O)CNC4)cc3C2=O)C(=O)N1. The van der Waals surface area contributed by atoms with E-state index in [2.05, 4.69) is 16.0 Å². The van der Waals surface area contributed by atoms with Gasteiger partial charge in [0, 0.05) is 44.2 Å². The Hall–Kier alpha value is -2.29. The lowest BCUT2D eigenvalue weighted by Crippen LogP contribution is -2.52. The summed E-state index contributed by atoms with van der Waals surface area (Å²) >= 11 is 0. The summed E-state index contributed by atoms with van der Waals surface area (Å²) in [7, 11) is 0. The molecule has 3 amide bonds. The van der Waals surface area contributed by atoms with Gasteiger partial charge in [-0.3, -0.25) is 19.7 Å². The maximum Gasteiger partial charge on any atom is 0.255 e. The molecule has 1 aromatic rings. The second-order valence-corrected chi connectivity index (χ2v) is 7.86. The monoisotopic (exact) mass is 386 g/mol. The van der Waals surface area contributed by atoms with E-state index in [0.29, 0.717) is 31.6 Å². The number of carbonyl (C=O) groups is 3. The number of benzene rings is 1. The van der Waals surface area contributed by atoms with Gasteiger partial charge in [-0.05, 0) is 36.5 Å². The van der Waals surface area contributed by atoms with Crippen molar-refractivity contribution in [2.45, 2.75) is 57.0 Å². The molecule has 3 heterocycles. The van der Waals surface area contributed by atoms with E-state index < -0.39 is 6.04 Å². The number of carbonyl (C=O) groups excluding carboxylic acids is 3. The second-order valence-electron chi connectivity index (χ2n) is 7.86. The lowest BCUT2D eigenvalue weighted by molar-refractivity contribution is -0.136. The zero-order valence-corrected chi connectivity index (χ0v) is 15.7. The molecule has 3 atom stereocenters. The molecule has 0 radical (unpaired) electrons. The molecule has 8 nitrogen and oxygen atoms in total. The fraction of sp³-hybridized carbons (Fsp3) is 0.550. The van der Waals surface area contributed by atoms with Gasteiger partial charge in [0.1, 0.15) is 6.04 Å². The highest BCUT2D eigenvalue weighted by Gasteiger charge is 2.39. The molecule has 150 valence electrons. The van der Waals surface area contributed by atoms with Gasteiger partial charge in [-0.2, -0.15) is 0 Å². The van der Waals surface area contributed by atoms with E-state index in [1.54, 1.807) is 4.90 Å². The molecule has 2 fully saturated rings. The molecule has 1 aromatic carbocycles. The van der Waals surface area contributed by atoms with Gasteiger partial charge in [0.25, 0.3) is 5.91 Å². The first-order valence-electron chi connectivity index (χ1n) is 9.90. The molecule has 0 aromatic heterocycles. The van der Waals surface area contributed by atoms with Gasteiger partial charge in [-0.1, -0.05) is 12.1 Å². The molecular formula is C20H26N4O4. The topological polar surface area (TPSA) is 111 Å². The number of amides is 3. The third kappa shape index (κ3) is 3.94. The van der Waals surface area contributed by atoms with Crippen molar-refractivity contribution in [1.29, 1.82) is 0 Å². The number of β-amino-alcohol motifs (C(OH)–C–C–N with tert-alkyl or cyclic N) is 1. The number of piperidine rings is 1. The largest absolute Gasteiger partial charge is 0.392 e. The number of nitrogens with one attached hydrogen (secondary N) is 3. The summed E-state index contributed by atoms with van der Waals surface area (Å²) in [5.74, 6) is -0.813. The number of imide groups is 1. The minimum atomic E-state index is -0.581. The lowest BCUT2D eigenvalue weighted by Gasteiger charge is -2.29. The van der Waals surface area contributed by atoms with Crippen LogP contribution in [0, 0.1) is 0 Å². The van der Waals surface area contributed by atoms with E-state index in [9.17, 15) is 19.5 Å². The van der Waals surface area contributed by atoms with Crippen LogP contribution in [0.2, 0.25) is 0 Å². The summed E-state index contributed by atoms with van der Waals surface area (Å²) in [6.45, 7) is 2.48. The molecule has 0 bridgehead atoms. The van der Waals surface area contributed by atoms with Crippen LogP contribution >= 0.6 is 0 Å². The Kier molecular flexibility index (Phi) is 5.43. The minimum absolute atomic E-state index is 0.148. The van der Waals surface area contributed by atoms with E-state index in [-0.39, 0.29) is 36.3 Å². The van der Waals surface area contributed by atoms with Crippen LogP contribution in [0.3, 0.4) is 0 Å². The number of rotatable bonds is 4. The summed E-state index contributed by atoms with van der Waals surface area (Å²) in [5.41, 5.74) is 2.57. The van der Waals surface area contributed by atoms with Crippen LogP contribution in [0.4, 0.5) is 0 Å². The highest BCUT2D eigenvalue weighted by Crippen LogP contribution is 2.28. The van der Waals surface area contributed by atoms with E-state index in [4.69, 9.17) is 0 Å². The summed E-state index contributed by atoms with van der Waals surface area (Å²) in [6, 6.07) is 5.55. The molecule has 0 spiro atoms. The highest BCUT2D eigenvalue weighted by molar-refractivity contribution is 6.05. The number of nitrogens with zero attached hydrogens (tertiary/aromatic N) is 1. The zero-order chi connectivity index (χ0) is 19.7. The first-order valence-corrected chi connectivity index (χ1v) is 9.90. The van der Waals surface area contributed by atoms with Crippen molar-refractivity contribution in [3.05, 3.63) is 34.9 Å². The number of hydrogen-bond donors (Lipinski definition) is 4. The molecule has 0 saturated carbocycles. The van der Waals surface area contributed by atoms with Crippen molar-refractivity contribution in [3.8, 4) is 0 Å². The van der Waals surface area contributed by atoms with Crippen molar-refractivity contribution in [1.82, 2.24) is 20.9 Å².